The molecule has 0 unspecified atom stereocenters. The summed E-state index contributed by atoms with van der Waals surface area (Å²) in [6.45, 7) is 1.32. The molecule has 0 radical (unpaired) electrons. The largest absolute Gasteiger partial charge is 0.390 e. The Morgan fingerprint density at radius 2 is 2.00 bits per heavy atom. The van der Waals surface area contributed by atoms with Gasteiger partial charge >= 0.3 is 5.69 Å². The molecule has 0 saturated carbocycles. The van der Waals surface area contributed by atoms with E-state index < -0.39 is 52.2 Å². The molecule has 1 aliphatic rings. The van der Waals surface area contributed by atoms with Crippen LogP contribution in [0.15, 0.2) is 44.9 Å². The van der Waals surface area contributed by atoms with Gasteiger partial charge in [-0.05, 0) is 19.1 Å². The van der Waals surface area contributed by atoms with E-state index in [-0.39, 0.29) is 11.3 Å². The van der Waals surface area contributed by atoms with E-state index in [1.54, 1.807) is 17.1 Å². The van der Waals surface area contributed by atoms with Crippen LogP contribution in [0.5, 0.6) is 0 Å². The quantitative estimate of drug-likeness (QED) is 0.678. The monoisotopic (exact) mass is 400 g/mol. The van der Waals surface area contributed by atoms with Crippen LogP contribution >= 0.6 is 0 Å². The van der Waals surface area contributed by atoms with Crippen molar-refractivity contribution >= 4 is 10.1 Å². The van der Waals surface area contributed by atoms with Gasteiger partial charge in [0.25, 0.3) is 15.7 Å². The van der Waals surface area contributed by atoms with Gasteiger partial charge in [-0.3, -0.25) is 18.5 Å². The molecule has 2 heterocycles. The lowest BCUT2D eigenvalue weighted by Crippen LogP contribution is -2.34. The van der Waals surface area contributed by atoms with Crippen molar-refractivity contribution in [3.8, 4) is 0 Å². The fourth-order valence-electron chi connectivity index (χ4n) is 2.64. The van der Waals surface area contributed by atoms with Gasteiger partial charge in [0.2, 0.25) is 5.82 Å². The Morgan fingerprint density at radius 1 is 1.33 bits per heavy atom. The second-order valence-electron chi connectivity index (χ2n) is 6.13. The molecule has 146 valence electrons. The molecule has 2 N–H and O–H groups in total. The molecule has 27 heavy (non-hydrogen) atoms. The first-order chi connectivity index (χ1) is 12.7. The van der Waals surface area contributed by atoms with E-state index in [2.05, 4.69) is 0 Å². The molecule has 9 nitrogen and oxygen atoms in total. The fourth-order valence-corrected chi connectivity index (χ4v) is 3.56. The molecule has 0 bridgehead atoms. The van der Waals surface area contributed by atoms with Gasteiger partial charge in [0.05, 0.1) is 23.8 Å². The summed E-state index contributed by atoms with van der Waals surface area (Å²) in [5.41, 5.74) is -1.20. The van der Waals surface area contributed by atoms with Crippen molar-refractivity contribution in [1.29, 1.82) is 0 Å². The molecule has 1 aromatic heterocycles. The number of nitrogens with one attached hydrogen (secondary N) is 1. The highest BCUT2D eigenvalue weighted by atomic mass is 32.2. The number of hydrogen-bond donors (Lipinski definition) is 2. The molecule has 1 aromatic carbocycles. The third-order valence-corrected chi connectivity index (χ3v) is 5.43. The number of hydrogen-bond acceptors (Lipinski definition) is 7. The van der Waals surface area contributed by atoms with E-state index in [4.69, 9.17) is 8.92 Å². The Morgan fingerprint density at radius 3 is 2.67 bits per heavy atom. The zero-order valence-corrected chi connectivity index (χ0v) is 15.0. The number of H-pyrrole nitrogens is 1. The second kappa shape index (κ2) is 7.35. The first-order valence-electron chi connectivity index (χ1n) is 7.98. The van der Waals surface area contributed by atoms with E-state index in [1.807, 2.05) is 6.92 Å². The summed E-state index contributed by atoms with van der Waals surface area (Å²) in [6, 6.07) is 6.01. The Kier molecular flexibility index (Phi) is 5.29. The zero-order valence-electron chi connectivity index (χ0n) is 14.2. The highest BCUT2D eigenvalue weighted by molar-refractivity contribution is 7.86. The van der Waals surface area contributed by atoms with Gasteiger partial charge in [-0.2, -0.15) is 12.8 Å². The van der Waals surface area contributed by atoms with Crippen LogP contribution in [0, 0.1) is 12.7 Å². The maximum absolute atomic E-state index is 13.4. The Balaban J connectivity index is 1.70. The van der Waals surface area contributed by atoms with E-state index >= 15 is 0 Å². The van der Waals surface area contributed by atoms with Crippen molar-refractivity contribution in [2.75, 3.05) is 6.61 Å². The Bertz CT molecular complexity index is 1050. The van der Waals surface area contributed by atoms with Crippen LogP contribution in [0.3, 0.4) is 0 Å². The molecular weight excluding hydrogens is 383 g/mol. The average Bonchev–Trinajstić information content (AvgIpc) is 2.97. The lowest BCUT2D eigenvalue weighted by atomic mass is 10.2. The number of ether oxygens (including phenoxy) is 1. The molecule has 1 aliphatic heterocycles. The van der Waals surface area contributed by atoms with Crippen molar-refractivity contribution in [1.82, 2.24) is 9.55 Å². The highest BCUT2D eigenvalue weighted by Gasteiger charge is 2.37. The third kappa shape index (κ3) is 4.16. The zero-order chi connectivity index (χ0) is 19.8. The number of benzene rings is 1. The second-order valence-corrected chi connectivity index (χ2v) is 7.74. The molecule has 11 heteroatoms. The van der Waals surface area contributed by atoms with Crippen LogP contribution in [0.1, 0.15) is 18.2 Å². The first-order valence-corrected chi connectivity index (χ1v) is 9.39. The SMILES string of the molecule is Cc1ccc(S(=O)(=O)OC[C@H]2O[C@@H](n3cc(F)c(=O)[nH]c3=O)C[C@@H]2O)cc1. The number of aromatic amines is 1. The van der Waals surface area contributed by atoms with Crippen molar-refractivity contribution in [3.63, 3.8) is 0 Å². The molecular formula is C16H17FN2O7S. The molecule has 0 amide bonds. The summed E-state index contributed by atoms with van der Waals surface area (Å²) in [5.74, 6) is -1.19. The minimum Gasteiger partial charge on any atom is -0.390 e. The van der Waals surface area contributed by atoms with Crippen molar-refractivity contribution in [2.45, 2.75) is 36.7 Å². The first kappa shape index (κ1) is 19.4. The third-order valence-electron chi connectivity index (χ3n) is 4.14. The van der Waals surface area contributed by atoms with Crippen LogP contribution in [-0.4, -0.2) is 41.9 Å². The molecule has 0 aliphatic carbocycles. The van der Waals surface area contributed by atoms with E-state index in [0.29, 0.717) is 6.20 Å². The number of aliphatic hydroxyl groups excluding tert-OH is 1. The van der Waals surface area contributed by atoms with Crippen LogP contribution in [0.25, 0.3) is 0 Å². The number of aliphatic hydroxyl groups is 1. The fraction of sp³-hybridized carbons (Fsp3) is 0.375. The normalized spacial score (nSPS) is 22.9. The smallest absolute Gasteiger partial charge is 0.330 e. The van der Waals surface area contributed by atoms with Gasteiger partial charge in [0.15, 0.2) is 0 Å². The summed E-state index contributed by atoms with van der Waals surface area (Å²) in [4.78, 5) is 24.6. The summed E-state index contributed by atoms with van der Waals surface area (Å²) in [5, 5.41) is 10.1. The van der Waals surface area contributed by atoms with Gasteiger partial charge in [0, 0.05) is 6.42 Å². The van der Waals surface area contributed by atoms with Gasteiger partial charge in [-0.15, -0.1) is 0 Å². The van der Waals surface area contributed by atoms with Crippen molar-refractivity contribution < 1.29 is 26.8 Å². The summed E-state index contributed by atoms with van der Waals surface area (Å²) >= 11 is 0. The topological polar surface area (TPSA) is 128 Å². The van der Waals surface area contributed by atoms with E-state index in [1.165, 1.54) is 12.1 Å². The molecule has 2 aromatic rings. The van der Waals surface area contributed by atoms with Crippen LogP contribution < -0.4 is 11.2 Å². The lowest BCUT2D eigenvalue weighted by Gasteiger charge is -2.16. The Labute approximate surface area is 153 Å². The molecule has 1 fully saturated rings. The molecule has 3 rings (SSSR count). The average molecular weight is 400 g/mol. The highest BCUT2D eigenvalue weighted by Crippen LogP contribution is 2.28. The predicted molar refractivity (Wildman–Crippen MR) is 90.1 cm³/mol. The van der Waals surface area contributed by atoms with Gasteiger partial charge in [-0.25, -0.2) is 4.79 Å². The van der Waals surface area contributed by atoms with Gasteiger partial charge < -0.3 is 9.84 Å². The van der Waals surface area contributed by atoms with Crippen molar-refractivity contribution in [2.24, 2.45) is 0 Å². The molecule has 3 atom stereocenters. The van der Waals surface area contributed by atoms with Crippen LogP contribution in [0.2, 0.25) is 0 Å². The van der Waals surface area contributed by atoms with Crippen LogP contribution in [-0.2, 0) is 19.0 Å². The Hall–Kier alpha value is -2.34. The molecule has 1 saturated heterocycles. The van der Waals surface area contributed by atoms with Gasteiger partial charge in [0.1, 0.15) is 12.3 Å². The van der Waals surface area contributed by atoms with Crippen LogP contribution in [0.4, 0.5) is 4.39 Å². The number of aromatic nitrogens is 2. The predicted octanol–water partition coefficient (Wildman–Crippen LogP) is 0.0380. The minimum atomic E-state index is -4.06. The standard InChI is InChI=1S/C16H17FN2O7S/c1-9-2-4-10(5-3-9)27(23,24)25-8-13-12(20)6-14(26-13)19-7-11(17)15(21)18-16(19)22/h2-5,7,12-14,20H,6,8H2,1H3,(H,18,21,22)/t12-,13+,14+/m0/s1. The van der Waals surface area contributed by atoms with E-state index in [9.17, 15) is 27.5 Å². The number of rotatable bonds is 5. The minimum absolute atomic E-state index is 0.0453. The maximum Gasteiger partial charge on any atom is 0.330 e. The lowest BCUT2D eigenvalue weighted by molar-refractivity contribution is -0.0402. The van der Waals surface area contributed by atoms with Gasteiger partial charge in [-0.1, -0.05) is 17.7 Å². The molecule has 0 spiro atoms. The number of nitrogens with zero attached hydrogens (tertiary/aromatic N) is 1. The van der Waals surface area contributed by atoms with Crippen molar-refractivity contribution in [3.05, 3.63) is 62.7 Å². The summed E-state index contributed by atoms with van der Waals surface area (Å²) < 4.78 is 48.9. The summed E-state index contributed by atoms with van der Waals surface area (Å²) in [6.07, 6.45) is -2.72. The number of aryl methyl sites for hydroxylation is 1. The van der Waals surface area contributed by atoms with E-state index in [0.717, 1.165) is 10.1 Å². The number of halogens is 1. The maximum atomic E-state index is 13.4. The summed E-state index contributed by atoms with van der Waals surface area (Å²) in [7, 11) is -4.06.